The van der Waals surface area contributed by atoms with Crippen LogP contribution in [0, 0.1) is 0 Å². The zero-order valence-corrected chi connectivity index (χ0v) is 12.2. The lowest BCUT2D eigenvalue weighted by Crippen LogP contribution is -2.44. The molecule has 0 aromatic carbocycles. The van der Waals surface area contributed by atoms with Gasteiger partial charge < -0.3 is 10.1 Å². The highest BCUT2D eigenvalue weighted by Gasteiger charge is 2.30. The molecule has 2 rings (SSSR count). The second-order valence-electron chi connectivity index (χ2n) is 4.35. The highest BCUT2D eigenvalue weighted by molar-refractivity contribution is 7.91. The van der Waals surface area contributed by atoms with Crippen molar-refractivity contribution in [1.82, 2.24) is 9.62 Å². The molecular formula is C11H18N2O3S2. The van der Waals surface area contributed by atoms with Gasteiger partial charge >= 0.3 is 0 Å². The van der Waals surface area contributed by atoms with Crippen LogP contribution >= 0.6 is 11.3 Å². The average molecular weight is 290 g/mol. The highest BCUT2D eigenvalue weighted by atomic mass is 32.2. The minimum atomic E-state index is -3.35. The summed E-state index contributed by atoms with van der Waals surface area (Å²) in [6.45, 7) is 3.91. The number of sulfonamides is 1. The van der Waals surface area contributed by atoms with Crippen LogP contribution < -0.4 is 5.32 Å². The summed E-state index contributed by atoms with van der Waals surface area (Å²) in [5, 5.41) is 4.90. The Hall–Kier alpha value is -0.470. The molecule has 0 bridgehead atoms. The topological polar surface area (TPSA) is 58.6 Å². The van der Waals surface area contributed by atoms with E-state index in [9.17, 15) is 8.42 Å². The van der Waals surface area contributed by atoms with Crippen LogP contribution in [0.2, 0.25) is 0 Å². The summed E-state index contributed by atoms with van der Waals surface area (Å²) in [4.78, 5) is 0. The van der Waals surface area contributed by atoms with Gasteiger partial charge in [0.25, 0.3) is 10.0 Å². The molecule has 1 fully saturated rings. The zero-order valence-electron chi connectivity index (χ0n) is 10.5. The predicted molar refractivity (Wildman–Crippen MR) is 71.3 cm³/mol. The van der Waals surface area contributed by atoms with Crippen LogP contribution in [0.25, 0.3) is 0 Å². The maximum Gasteiger partial charge on any atom is 0.252 e. The molecule has 0 spiro atoms. The van der Waals surface area contributed by atoms with Crippen molar-refractivity contribution in [2.24, 2.45) is 0 Å². The zero-order chi connectivity index (χ0) is 13.2. The Morgan fingerprint density at radius 1 is 1.61 bits per heavy atom. The molecular weight excluding hydrogens is 272 g/mol. The van der Waals surface area contributed by atoms with Crippen LogP contribution in [0.5, 0.6) is 0 Å². The molecule has 102 valence electrons. The molecule has 1 aromatic rings. The Kier molecular flexibility index (Phi) is 4.39. The summed E-state index contributed by atoms with van der Waals surface area (Å²) in [6, 6.07) is 1.75. The molecule has 2 heterocycles. The van der Waals surface area contributed by atoms with Gasteiger partial charge in [-0.05, 0) is 31.0 Å². The fourth-order valence-electron chi connectivity index (χ4n) is 1.92. The van der Waals surface area contributed by atoms with Crippen molar-refractivity contribution in [2.45, 2.75) is 23.8 Å². The van der Waals surface area contributed by atoms with Gasteiger partial charge in [0.2, 0.25) is 0 Å². The van der Waals surface area contributed by atoms with Gasteiger partial charge in [-0.15, -0.1) is 11.3 Å². The van der Waals surface area contributed by atoms with E-state index in [0.29, 0.717) is 30.5 Å². The number of nitrogens with zero attached hydrogens (tertiary/aromatic N) is 1. The molecule has 0 radical (unpaired) electrons. The van der Waals surface area contributed by atoms with E-state index in [1.54, 1.807) is 6.07 Å². The van der Waals surface area contributed by atoms with Crippen molar-refractivity contribution in [3.8, 4) is 0 Å². The molecule has 1 saturated heterocycles. The third-order valence-electron chi connectivity index (χ3n) is 2.81. The summed E-state index contributed by atoms with van der Waals surface area (Å²) >= 11 is 1.28. The number of nitrogens with one attached hydrogen (secondary N) is 1. The molecule has 5 nitrogen and oxygen atoms in total. The lowest BCUT2D eigenvalue weighted by molar-refractivity contribution is 0.0102. The van der Waals surface area contributed by atoms with Crippen molar-refractivity contribution < 1.29 is 13.2 Å². The Labute approximate surface area is 112 Å². The molecule has 7 heteroatoms. The number of rotatable bonds is 4. The monoisotopic (exact) mass is 290 g/mol. The van der Waals surface area contributed by atoms with Crippen molar-refractivity contribution in [3.05, 3.63) is 17.0 Å². The van der Waals surface area contributed by atoms with E-state index < -0.39 is 10.0 Å². The van der Waals surface area contributed by atoms with Gasteiger partial charge in [0.1, 0.15) is 4.21 Å². The van der Waals surface area contributed by atoms with Gasteiger partial charge in [0.15, 0.2) is 0 Å². The van der Waals surface area contributed by atoms with Gasteiger partial charge in [-0.3, -0.25) is 0 Å². The number of thiophene rings is 1. The van der Waals surface area contributed by atoms with Gasteiger partial charge in [-0.1, -0.05) is 0 Å². The van der Waals surface area contributed by atoms with Crippen LogP contribution in [0.15, 0.2) is 15.7 Å². The second kappa shape index (κ2) is 5.66. The van der Waals surface area contributed by atoms with Gasteiger partial charge in [0.05, 0.1) is 12.7 Å². The van der Waals surface area contributed by atoms with E-state index in [4.69, 9.17) is 4.74 Å². The highest BCUT2D eigenvalue weighted by Crippen LogP contribution is 2.25. The van der Waals surface area contributed by atoms with E-state index in [2.05, 4.69) is 5.32 Å². The molecule has 1 unspecified atom stereocenters. The van der Waals surface area contributed by atoms with Gasteiger partial charge in [0, 0.05) is 19.6 Å². The summed E-state index contributed by atoms with van der Waals surface area (Å²) < 4.78 is 32.1. The van der Waals surface area contributed by atoms with Crippen molar-refractivity contribution in [3.63, 3.8) is 0 Å². The normalized spacial score (nSPS) is 22.2. The number of ether oxygens (including phenoxy) is 1. The largest absolute Gasteiger partial charge is 0.376 e. The van der Waals surface area contributed by atoms with E-state index >= 15 is 0 Å². The number of morpholine rings is 1. The quantitative estimate of drug-likeness (QED) is 0.894. The Morgan fingerprint density at radius 2 is 2.39 bits per heavy atom. The number of hydrogen-bond acceptors (Lipinski definition) is 5. The Morgan fingerprint density at radius 3 is 3.06 bits per heavy atom. The van der Waals surface area contributed by atoms with E-state index in [1.165, 1.54) is 15.6 Å². The third-order valence-corrected chi connectivity index (χ3v) is 6.14. The van der Waals surface area contributed by atoms with E-state index in [-0.39, 0.29) is 6.10 Å². The fourth-order valence-corrected chi connectivity index (χ4v) is 4.78. The SMILES string of the molecule is CNCc1csc(S(=O)(=O)N2CCOC(C)C2)c1. The first kappa shape index (κ1) is 14.0. The van der Waals surface area contributed by atoms with Crippen molar-refractivity contribution in [2.75, 3.05) is 26.7 Å². The molecule has 1 aliphatic rings. The molecule has 1 aromatic heterocycles. The Bertz CT molecular complexity index is 498. The minimum Gasteiger partial charge on any atom is -0.376 e. The van der Waals surface area contributed by atoms with Crippen molar-refractivity contribution >= 4 is 21.4 Å². The van der Waals surface area contributed by atoms with Gasteiger partial charge in [-0.2, -0.15) is 4.31 Å². The minimum absolute atomic E-state index is 0.0368. The lowest BCUT2D eigenvalue weighted by Gasteiger charge is -2.29. The van der Waals surface area contributed by atoms with Gasteiger partial charge in [-0.25, -0.2) is 8.42 Å². The fraction of sp³-hybridized carbons (Fsp3) is 0.636. The molecule has 1 N–H and O–H groups in total. The van der Waals surface area contributed by atoms with Crippen LogP contribution in [0.4, 0.5) is 0 Å². The van der Waals surface area contributed by atoms with E-state index in [0.717, 1.165) is 5.56 Å². The molecule has 0 amide bonds. The molecule has 18 heavy (non-hydrogen) atoms. The van der Waals surface area contributed by atoms with Crippen LogP contribution in [0.1, 0.15) is 12.5 Å². The molecule has 1 aliphatic heterocycles. The second-order valence-corrected chi connectivity index (χ2v) is 7.42. The summed E-state index contributed by atoms with van der Waals surface area (Å²) in [5.41, 5.74) is 1.00. The van der Waals surface area contributed by atoms with E-state index in [1.807, 2.05) is 19.4 Å². The van der Waals surface area contributed by atoms with Crippen LogP contribution in [0.3, 0.4) is 0 Å². The first-order valence-electron chi connectivity index (χ1n) is 5.88. The maximum atomic E-state index is 12.4. The summed E-state index contributed by atoms with van der Waals surface area (Å²) in [5.74, 6) is 0. The van der Waals surface area contributed by atoms with Crippen LogP contribution in [-0.2, 0) is 21.3 Å². The first-order chi connectivity index (χ1) is 8.54. The molecule has 0 saturated carbocycles. The Balaban J connectivity index is 2.18. The van der Waals surface area contributed by atoms with Crippen LogP contribution in [-0.4, -0.2) is 45.6 Å². The van der Waals surface area contributed by atoms with Crippen molar-refractivity contribution in [1.29, 1.82) is 0 Å². The maximum absolute atomic E-state index is 12.4. The molecule has 0 aliphatic carbocycles. The lowest BCUT2D eigenvalue weighted by atomic mass is 10.3. The third kappa shape index (κ3) is 2.92. The standard InChI is InChI=1S/C11H18N2O3S2/c1-9-7-13(3-4-16-9)18(14,15)11-5-10(6-12-2)8-17-11/h5,8-9,12H,3-4,6-7H2,1-2H3. The molecule has 1 atom stereocenters. The smallest absolute Gasteiger partial charge is 0.252 e. The first-order valence-corrected chi connectivity index (χ1v) is 8.20. The average Bonchev–Trinajstić information content (AvgIpc) is 2.79. The number of hydrogen-bond donors (Lipinski definition) is 1. The summed E-state index contributed by atoms with van der Waals surface area (Å²) in [7, 11) is -1.51. The predicted octanol–water partition coefficient (Wildman–Crippen LogP) is 0.877. The summed E-state index contributed by atoms with van der Waals surface area (Å²) in [6.07, 6.45) is -0.0368.